The highest BCUT2D eigenvalue weighted by molar-refractivity contribution is 5.23. The van der Waals surface area contributed by atoms with E-state index in [1.807, 2.05) is 18.2 Å². The minimum Gasteiger partial charge on any atom is -0.385 e. The van der Waals surface area contributed by atoms with Crippen molar-refractivity contribution >= 4 is 0 Å². The van der Waals surface area contributed by atoms with Crippen LogP contribution < -0.4 is 0 Å². The second kappa shape index (κ2) is 4.43. The van der Waals surface area contributed by atoms with Gasteiger partial charge in [-0.3, -0.25) is 0 Å². The maximum Gasteiger partial charge on any atom is 0.0923 e. The molecule has 17 heavy (non-hydrogen) atoms. The minimum atomic E-state index is -0.584. The molecule has 0 aromatic heterocycles. The van der Waals surface area contributed by atoms with Crippen LogP contribution in [-0.4, -0.2) is 29.1 Å². The second-order valence-electron chi connectivity index (χ2n) is 5.54. The average molecular weight is 231 g/mol. The van der Waals surface area contributed by atoms with Gasteiger partial charge in [-0.2, -0.15) is 0 Å². The Morgan fingerprint density at radius 2 is 1.94 bits per heavy atom. The monoisotopic (exact) mass is 231 g/mol. The lowest BCUT2D eigenvalue weighted by Crippen LogP contribution is -2.50. The van der Waals surface area contributed by atoms with Crippen LogP contribution in [0.2, 0.25) is 0 Å². The third-order valence-corrected chi connectivity index (χ3v) is 4.45. The van der Waals surface area contributed by atoms with E-state index in [-0.39, 0.29) is 0 Å². The molecule has 3 rings (SSSR count). The fraction of sp³-hybridized carbons (Fsp3) is 0.600. The Morgan fingerprint density at radius 1 is 1.12 bits per heavy atom. The normalized spacial score (nSPS) is 34.3. The summed E-state index contributed by atoms with van der Waals surface area (Å²) in [4.78, 5) is 2.57. The van der Waals surface area contributed by atoms with Crippen molar-refractivity contribution in [2.45, 2.75) is 43.7 Å². The zero-order valence-corrected chi connectivity index (χ0v) is 10.3. The van der Waals surface area contributed by atoms with Crippen LogP contribution in [0, 0.1) is 0 Å². The van der Waals surface area contributed by atoms with E-state index in [1.165, 1.54) is 25.8 Å². The fourth-order valence-electron chi connectivity index (χ4n) is 3.42. The van der Waals surface area contributed by atoms with E-state index < -0.39 is 5.60 Å². The number of fused-ring (bicyclic) bond motifs is 1. The van der Waals surface area contributed by atoms with E-state index >= 15 is 0 Å². The summed E-state index contributed by atoms with van der Waals surface area (Å²) < 4.78 is 0. The molecular weight excluding hydrogens is 210 g/mol. The van der Waals surface area contributed by atoms with Crippen molar-refractivity contribution in [2.24, 2.45) is 0 Å². The summed E-state index contributed by atoms with van der Waals surface area (Å²) >= 11 is 0. The molecule has 0 saturated carbocycles. The number of benzene rings is 1. The number of aliphatic hydroxyl groups is 1. The highest BCUT2D eigenvalue weighted by Crippen LogP contribution is 2.38. The Bertz CT molecular complexity index is 378. The topological polar surface area (TPSA) is 23.5 Å². The van der Waals surface area contributed by atoms with Crippen molar-refractivity contribution in [1.82, 2.24) is 4.90 Å². The average Bonchev–Trinajstić information content (AvgIpc) is 2.40. The molecule has 2 saturated heterocycles. The van der Waals surface area contributed by atoms with Gasteiger partial charge in [0.05, 0.1) is 5.60 Å². The Morgan fingerprint density at radius 3 is 2.76 bits per heavy atom. The molecule has 0 amide bonds. The number of rotatable bonds is 1. The van der Waals surface area contributed by atoms with Gasteiger partial charge in [0.25, 0.3) is 0 Å². The minimum absolute atomic E-state index is 0.584. The van der Waals surface area contributed by atoms with Gasteiger partial charge in [-0.25, -0.2) is 0 Å². The quantitative estimate of drug-likeness (QED) is 0.803. The summed E-state index contributed by atoms with van der Waals surface area (Å²) in [6.45, 7) is 2.28. The smallest absolute Gasteiger partial charge is 0.0923 e. The van der Waals surface area contributed by atoms with Crippen molar-refractivity contribution in [3.8, 4) is 0 Å². The SMILES string of the molecule is O[C@@]1(c2ccccc2)CCN2CCCC[C@@H]2C1. The molecule has 1 N–H and O–H groups in total. The summed E-state index contributed by atoms with van der Waals surface area (Å²) in [5.41, 5.74) is 0.518. The third-order valence-electron chi connectivity index (χ3n) is 4.45. The zero-order valence-electron chi connectivity index (χ0n) is 10.3. The molecule has 2 fully saturated rings. The first-order chi connectivity index (χ1) is 8.28. The van der Waals surface area contributed by atoms with Crippen molar-refractivity contribution in [1.29, 1.82) is 0 Å². The number of nitrogens with zero attached hydrogens (tertiary/aromatic N) is 1. The lowest BCUT2D eigenvalue weighted by atomic mass is 9.78. The highest BCUT2D eigenvalue weighted by atomic mass is 16.3. The first-order valence-corrected chi connectivity index (χ1v) is 6.80. The molecule has 2 heterocycles. The molecular formula is C15H21NO. The molecule has 2 aliphatic rings. The van der Waals surface area contributed by atoms with Gasteiger partial charge in [0.2, 0.25) is 0 Å². The summed E-state index contributed by atoms with van der Waals surface area (Å²) in [6, 6.07) is 10.8. The van der Waals surface area contributed by atoms with E-state index in [0.29, 0.717) is 6.04 Å². The molecule has 92 valence electrons. The number of piperidine rings is 2. The Labute approximate surface area is 103 Å². The molecule has 0 radical (unpaired) electrons. The van der Waals surface area contributed by atoms with Crippen LogP contribution in [0.25, 0.3) is 0 Å². The summed E-state index contributed by atoms with van der Waals surface area (Å²) in [5.74, 6) is 0. The highest BCUT2D eigenvalue weighted by Gasteiger charge is 2.39. The van der Waals surface area contributed by atoms with Crippen LogP contribution in [-0.2, 0) is 5.60 Å². The van der Waals surface area contributed by atoms with Gasteiger partial charge in [0, 0.05) is 12.6 Å². The molecule has 1 aromatic rings. The van der Waals surface area contributed by atoms with Gasteiger partial charge in [0.1, 0.15) is 0 Å². The third kappa shape index (κ3) is 2.12. The van der Waals surface area contributed by atoms with Crippen molar-refractivity contribution < 1.29 is 5.11 Å². The molecule has 2 aliphatic heterocycles. The Hall–Kier alpha value is -0.860. The fourth-order valence-corrected chi connectivity index (χ4v) is 3.42. The van der Waals surface area contributed by atoms with Crippen LogP contribution in [0.4, 0.5) is 0 Å². The Balaban J connectivity index is 1.80. The van der Waals surface area contributed by atoms with Crippen LogP contribution >= 0.6 is 0 Å². The molecule has 0 unspecified atom stereocenters. The van der Waals surface area contributed by atoms with Crippen LogP contribution in [0.1, 0.15) is 37.7 Å². The van der Waals surface area contributed by atoms with E-state index in [1.54, 1.807) is 0 Å². The molecule has 2 nitrogen and oxygen atoms in total. The lowest BCUT2D eigenvalue weighted by molar-refractivity contribution is -0.0611. The first-order valence-electron chi connectivity index (χ1n) is 6.80. The van der Waals surface area contributed by atoms with Gasteiger partial charge in [-0.05, 0) is 37.8 Å². The van der Waals surface area contributed by atoms with E-state index in [4.69, 9.17) is 0 Å². The van der Waals surface area contributed by atoms with Gasteiger partial charge in [-0.1, -0.05) is 36.8 Å². The van der Waals surface area contributed by atoms with Crippen LogP contribution in [0.3, 0.4) is 0 Å². The molecule has 1 aromatic carbocycles. The Kier molecular flexibility index (Phi) is 2.93. The summed E-state index contributed by atoms with van der Waals surface area (Å²) in [6.07, 6.45) is 5.71. The summed E-state index contributed by atoms with van der Waals surface area (Å²) in [7, 11) is 0. The van der Waals surface area contributed by atoms with Gasteiger partial charge < -0.3 is 10.0 Å². The van der Waals surface area contributed by atoms with Crippen molar-refractivity contribution in [3.05, 3.63) is 35.9 Å². The standard InChI is InChI=1S/C15H21NO/c17-15(13-6-2-1-3-7-13)9-11-16-10-5-4-8-14(16)12-15/h1-3,6-7,14,17H,4-5,8-12H2/t14-,15+/m1/s1. The second-order valence-corrected chi connectivity index (χ2v) is 5.54. The van der Waals surface area contributed by atoms with Crippen molar-refractivity contribution in [2.75, 3.05) is 13.1 Å². The van der Waals surface area contributed by atoms with Crippen LogP contribution in [0.15, 0.2) is 30.3 Å². The number of hydrogen-bond acceptors (Lipinski definition) is 2. The summed E-state index contributed by atoms with van der Waals surface area (Å²) in [5, 5.41) is 10.9. The van der Waals surface area contributed by atoms with Gasteiger partial charge >= 0.3 is 0 Å². The molecule has 2 atom stereocenters. The van der Waals surface area contributed by atoms with Crippen molar-refractivity contribution in [3.63, 3.8) is 0 Å². The van der Waals surface area contributed by atoms with Gasteiger partial charge in [0.15, 0.2) is 0 Å². The maximum absolute atomic E-state index is 10.9. The first kappa shape index (κ1) is 11.2. The molecule has 0 spiro atoms. The van der Waals surface area contributed by atoms with E-state index in [2.05, 4.69) is 17.0 Å². The molecule has 0 aliphatic carbocycles. The van der Waals surface area contributed by atoms with E-state index in [9.17, 15) is 5.11 Å². The number of hydrogen-bond donors (Lipinski definition) is 1. The molecule has 2 heteroatoms. The van der Waals surface area contributed by atoms with Crippen LogP contribution in [0.5, 0.6) is 0 Å². The maximum atomic E-state index is 10.9. The predicted octanol–water partition coefficient (Wildman–Crippen LogP) is 2.52. The largest absolute Gasteiger partial charge is 0.385 e. The van der Waals surface area contributed by atoms with E-state index in [0.717, 1.165) is 24.9 Å². The predicted molar refractivity (Wildman–Crippen MR) is 68.8 cm³/mol. The molecule has 0 bridgehead atoms. The van der Waals surface area contributed by atoms with Gasteiger partial charge in [-0.15, -0.1) is 0 Å². The zero-order chi connectivity index (χ0) is 11.7. The lowest BCUT2D eigenvalue weighted by Gasteiger charge is -2.46.